The molecule has 0 spiro atoms. The lowest BCUT2D eigenvalue weighted by Gasteiger charge is -2.22. The molecule has 0 heterocycles. The maximum Gasteiger partial charge on any atom is 0.138 e. The second-order valence-electron chi connectivity index (χ2n) is 5.49. The van der Waals surface area contributed by atoms with Crippen LogP contribution in [0.5, 0.6) is 5.75 Å². The first kappa shape index (κ1) is 15.5. The number of nitrogens with one attached hydrogen (secondary N) is 1. The Kier molecular flexibility index (Phi) is 5.63. The van der Waals surface area contributed by atoms with E-state index in [1.807, 2.05) is 18.2 Å². The van der Waals surface area contributed by atoms with Crippen molar-refractivity contribution < 1.29 is 9.84 Å². The van der Waals surface area contributed by atoms with Crippen molar-refractivity contribution in [3.05, 3.63) is 28.2 Å². The van der Waals surface area contributed by atoms with Crippen LogP contribution in [0.4, 0.5) is 0 Å². The van der Waals surface area contributed by atoms with E-state index in [0.717, 1.165) is 22.3 Å². The first-order valence-electron chi connectivity index (χ1n) is 6.13. The molecule has 0 aliphatic carbocycles. The van der Waals surface area contributed by atoms with Crippen molar-refractivity contribution in [2.24, 2.45) is 0 Å². The standard InChI is InChI=1S/C14H22BrNO2/c1-10(17)9-18-13-11(6-5-7-12(13)15)8-16-14(2,3)4/h5-7,10,16-17H,8-9H2,1-4H3. The molecule has 0 radical (unpaired) electrons. The summed E-state index contributed by atoms with van der Waals surface area (Å²) in [6.07, 6.45) is -0.472. The van der Waals surface area contributed by atoms with E-state index in [1.165, 1.54) is 0 Å². The number of benzene rings is 1. The predicted molar refractivity (Wildman–Crippen MR) is 77.9 cm³/mol. The number of rotatable bonds is 5. The summed E-state index contributed by atoms with van der Waals surface area (Å²) in [5, 5.41) is 12.7. The Bertz CT molecular complexity index is 386. The van der Waals surface area contributed by atoms with Crippen LogP contribution < -0.4 is 10.1 Å². The summed E-state index contributed by atoms with van der Waals surface area (Å²) in [5.74, 6) is 0.801. The fourth-order valence-electron chi connectivity index (χ4n) is 1.42. The molecule has 2 N–H and O–H groups in total. The fourth-order valence-corrected chi connectivity index (χ4v) is 1.94. The Morgan fingerprint density at radius 1 is 1.39 bits per heavy atom. The number of aliphatic hydroxyl groups is 1. The molecule has 1 rings (SSSR count). The molecule has 0 bridgehead atoms. The first-order valence-corrected chi connectivity index (χ1v) is 6.92. The van der Waals surface area contributed by atoms with Crippen molar-refractivity contribution in [1.82, 2.24) is 5.32 Å². The third-order valence-electron chi connectivity index (χ3n) is 2.33. The van der Waals surface area contributed by atoms with Crippen LogP contribution in [-0.2, 0) is 6.54 Å². The van der Waals surface area contributed by atoms with Gasteiger partial charge in [0.1, 0.15) is 12.4 Å². The van der Waals surface area contributed by atoms with Crippen LogP contribution in [0.1, 0.15) is 33.3 Å². The SMILES string of the molecule is CC(O)COc1c(Br)cccc1CNC(C)(C)C. The summed E-state index contributed by atoms with van der Waals surface area (Å²) in [6.45, 7) is 9.12. The number of para-hydroxylation sites is 1. The third kappa shape index (κ3) is 5.38. The number of ether oxygens (including phenoxy) is 1. The van der Waals surface area contributed by atoms with Crippen LogP contribution in [0.25, 0.3) is 0 Å². The molecule has 1 aromatic carbocycles. The normalized spacial score (nSPS) is 13.4. The second-order valence-corrected chi connectivity index (χ2v) is 6.35. The summed E-state index contributed by atoms with van der Waals surface area (Å²) < 4.78 is 6.57. The van der Waals surface area contributed by atoms with E-state index in [9.17, 15) is 5.11 Å². The van der Waals surface area contributed by atoms with E-state index < -0.39 is 6.10 Å². The predicted octanol–water partition coefficient (Wildman–Crippen LogP) is 3.10. The fraction of sp³-hybridized carbons (Fsp3) is 0.571. The Balaban J connectivity index is 2.80. The molecule has 1 unspecified atom stereocenters. The van der Waals surface area contributed by atoms with Gasteiger partial charge in [-0.25, -0.2) is 0 Å². The van der Waals surface area contributed by atoms with Crippen LogP contribution in [0.2, 0.25) is 0 Å². The van der Waals surface area contributed by atoms with Gasteiger partial charge < -0.3 is 15.2 Å². The minimum absolute atomic E-state index is 0.0594. The summed E-state index contributed by atoms with van der Waals surface area (Å²) in [4.78, 5) is 0. The Labute approximate surface area is 118 Å². The van der Waals surface area contributed by atoms with Gasteiger partial charge in [-0.3, -0.25) is 0 Å². The monoisotopic (exact) mass is 315 g/mol. The highest BCUT2D eigenvalue weighted by molar-refractivity contribution is 9.10. The van der Waals surface area contributed by atoms with Crippen molar-refractivity contribution in [1.29, 1.82) is 0 Å². The van der Waals surface area contributed by atoms with E-state index in [0.29, 0.717) is 6.61 Å². The quantitative estimate of drug-likeness (QED) is 0.877. The van der Waals surface area contributed by atoms with Gasteiger partial charge >= 0.3 is 0 Å². The number of hydrogen-bond acceptors (Lipinski definition) is 3. The van der Waals surface area contributed by atoms with Crippen LogP contribution in [-0.4, -0.2) is 23.4 Å². The third-order valence-corrected chi connectivity index (χ3v) is 2.95. The maximum absolute atomic E-state index is 9.30. The minimum atomic E-state index is -0.472. The minimum Gasteiger partial charge on any atom is -0.489 e. The van der Waals surface area contributed by atoms with Crippen LogP contribution in [0.15, 0.2) is 22.7 Å². The molecule has 0 aliphatic heterocycles. The zero-order valence-electron chi connectivity index (χ0n) is 11.5. The highest BCUT2D eigenvalue weighted by Crippen LogP contribution is 2.29. The average Bonchev–Trinajstić information content (AvgIpc) is 2.23. The van der Waals surface area contributed by atoms with Crippen LogP contribution in [0, 0.1) is 0 Å². The molecular formula is C14H22BrNO2. The van der Waals surface area contributed by atoms with Gasteiger partial charge in [-0.05, 0) is 49.7 Å². The van der Waals surface area contributed by atoms with E-state index in [-0.39, 0.29) is 5.54 Å². The van der Waals surface area contributed by atoms with Crippen molar-refractivity contribution in [3.8, 4) is 5.75 Å². The summed E-state index contributed by atoms with van der Waals surface area (Å²) in [7, 11) is 0. The van der Waals surface area contributed by atoms with Gasteiger partial charge in [0.15, 0.2) is 0 Å². The van der Waals surface area contributed by atoms with Crippen molar-refractivity contribution in [3.63, 3.8) is 0 Å². The first-order chi connectivity index (χ1) is 8.29. The molecule has 1 atom stereocenters. The average molecular weight is 316 g/mol. The summed E-state index contributed by atoms with van der Waals surface area (Å²) >= 11 is 3.48. The van der Waals surface area contributed by atoms with Crippen LogP contribution >= 0.6 is 15.9 Å². The number of halogens is 1. The number of aliphatic hydroxyl groups excluding tert-OH is 1. The molecule has 0 saturated carbocycles. The van der Waals surface area contributed by atoms with Crippen molar-refractivity contribution >= 4 is 15.9 Å². The van der Waals surface area contributed by atoms with Gasteiger partial charge in [0.2, 0.25) is 0 Å². The molecule has 0 fully saturated rings. The zero-order chi connectivity index (χ0) is 13.8. The van der Waals surface area contributed by atoms with E-state index in [1.54, 1.807) is 6.92 Å². The summed E-state index contributed by atoms with van der Waals surface area (Å²) in [5.41, 5.74) is 1.14. The van der Waals surface area contributed by atoms with Crippen LogP contribution in [0.3, 0.4) is 0 Å². The topological polar surface area (TPSA) is 41.5 Å². The molecule has 18 heavy (non-hydrogen) atoms. The van der Waals surface area contributed by atoms with E-state index in [2.05, 4.69) is 42.0 Å². The van der Waals surface area contributed by atoms with E-state index in [4.69, 9.17) is 4.74 Å². The lowest BCUT2D eigenvalue weighted by molar-refractivity contribution is 0.121. The van der Waals surface area contributed by atoms with Gasteiger partial charge in [-0.1, -0.05) is 12.1 Å². The van der Waals surface area contributed by atoms with Gasteiger partial charge in [-0.2, -0.15) is 0 Å². The number of hydrogen-bond donors (Lipinski definition) is 2. The Morgan fingerprint density at radius 3 is 2.61 bits per heavy atom. The molecule has 4 heteroatoms. The van der Waals surface area contributed by atoms with Gasteiger partial charge in [0, 0.05) is 17.6 Å². The van der Waals surface area contributed by atoms with Crippen molar-refractivity contribution in [2.75, 3.05) is 6.61 Å². The highest BCUT2D eigenvalue weighted by atomic mass is 79.9. The highest BCUT2D eigenvalue weighted by Gasteiger charge is 2.13. The molecule has 0 aliphatic rings. The maximum atomic E-state index is 9.30. The summed E-state index contributed by atoms with van der Waals surface area (Å²) in [6, 6.07) is 5.96. The van der Waals surface area contributed by atoms with Crippen molar-refractivity contribution in [2.45, 2.75) is 45.9 Å². The largest absolute Gasteiger partial charge is 0.489 e. The molecule has 1 aromatic rings. The van der Waals surface area contributed by atoms with Gasteiger partial charge in [0.05, 0.1) is 10.6 Å². The van der Waals surface area contributed by atoms with Gasteiger partial charge in [-0.15, -0.1) is 0 Å². The molecule has 0 saturated heterocycles. The Morgan fingerprint density at radius 2 is 2.06 bits per heavy atom. The Hall–Kier alpha value is -0.580. The van der Waals surface area contributed by atoms with Gasteiger partial charge in [0.25, 0.3) is 0 Å². The second kappa shape index (κ2) is 6.55. The van der Waals surface area contributed by atoms with E-state index >= 15 is 0 Å². The zero-order valence-corrected chi connectivity index (χ0v) is 13.0. The lowest BCUT2D eigenvalue weighted by Crippen LogP contribution is -2.35. The molecule has 0 aromatic heterocycles. The molecular weight excluding hydrogens is 294 g/mol. The smallest absolute Gasteiger partial charge is 0.138 e. The molecule has 102 valence electrons. The molecule has 0 amide bonds. The molecule has 3 nitrogen and oxygen atoms in total. The lowest BCUT2D eigenvalue weighted by atomic mass is 10.1.